The Morgan fingerprint density at radius 2 is 1.85 bits per heavy atom. The van der Waals surface area contributed by atoms with E-state index in [1.807, 2.05) is 25.1 Å². The number of aliphatic hydroxyl groups is 1. The molecule has 0 aliphatic carbocycles. The van der Waals surface area contributed by atoms with Gasteiger partial charge in [-0.25, -0.2) is 0 Å². The van der Waals surface area contributed by atoms with Crippen molar-refractivity contribution in [3.05, 3.63) is 61.0 Å². The van der Waals surface area contributed by atoms with E-state index in [-0.39, 0.29) is 0 Å². The van der Waals surface area contributed by atoms with Crippen LogP contribution in [0.4, 0.5) is 0 Å². The lowest BCUT2D eigenvalue weighted by atomic mass is 9.99. The molecule has 20 heavy (non-hydrogen) atoms. The molecule has 0 aliphatic heterocycles. The Morgan fingerprint density at radius 1 is 1.15 bits per heavy atom. The smallest absolute Gasteiger partial charge is 0.125 e. The molecule has 5 heteroatoms. The van der Waals surface area contributed by atoms with Crippen molar-refractivity contribution in [2.24, 2.45) is 0 Å². The third-order valence-electron chi connectivity index (χ3n) is 3.06. The number of aliphatic hydroxyl groups excluding tert-OH is 1. The van der Waals surface area contributed by atoms with Gasteiger partial charge < -0.3 is 9.84 Å². The number of benzene rings is 2. The van der Waals surface area contributed by atoms with Gasteiger partial charge in [0.1, 0.15) is 11.9 Å². The topological polar surface area (TPSA) is 29.5 Å². The molecular formula is C15H13Br2ClO2. The lowest BCUT2D eigenvalue weighted by Gasteiger charge is -2.18. The minimum Gasteiger partial charge on any atom is -0.496 e. The van der Waals surface area contributed by atoms with Crippen molar-refractivity contribution in [1.82, 2.24) is 0 Å². The van der Waals surface area contributed by atoms with Crippen LogP contribution in [-0.2, 0) is 0 Å². The van der Waals surface area contributed by atoms with Gasteiger partial charge in [0, 0.05) is 25.1 Å². The maximum absolute atomic E-state index is 10.6. The van der Waals surface area contributed by atoms with E-state index < -0.39 is 6.10 Å². The Kier molecular flexibility index (Phi) is 5.13. The van der Waals surface area contributed by atoms with Gasteiger partial charge in [-0.3, -0.25) is 0 Å². The molecule has 0 saturated heterocycles. The number of aryl methyl sites for hydroxylation is 1. The zero-order valence-electron chi connectivity index (χ0n) is 11.0. The summed E-state index contributed by atoms with van der Waals surface area (Å²) < 4.78 is 7.14. The van der Waals surface area contributed by atoms with Crippen LogP contribution in [-0.4, -0.2) is 12.2 Å². The van der Waals surface area contributed by atoms with Gasteiger partial charge in [-0.1, -0.05) is 49.5 Å². The van der Waals surface area contributed by atoms with E-state index in [1.165, 1.54) is 0 Å². The molecule has 1 atom stereocenters. The monoisotopic (exact) mass is 418 g/mol. The van der Waals surface area contributed by atoms with Crippen LogP contribution in [0.15, 0.2) is 39.3 Å². The van der Waals surface area contributed by atoms with Crippen molar-refractivity contribution >= 4 is 43.5 Å². The molecule has 1 N–H and O–H groups in total. The number of hydrogen-bond donors (Lipinski definition) is 1. The Labute approximate surface area is 140 Å². The van der Waals surface area contributed by atoms with E-state index >= 15 is 0 Å². The predicted molar refractivity (Wildman–Crippen MR) is 88.6 cm³/mol. The number of ether oxygens (including phenoxy) is 1. The van der Waals surface area contributed by atoms with E-state index in [4.69, 9.17) is 16.3 Å². The van der Waals surface area contributed by atoms with Gasteiger partial charge in [0.15, 0.2) is 0 Å². The number of rotatable bonds is 3. The van der Waals surface area contributed by atoms with Crippen molar-refractivity contribution in [2.45, 2.75) is 13.0 Å². The van der Waals surface area contributed by atoms with Crippen LogP contribution in [0.1, 0.15) is 22.8 Å². The summed E-state index contributed by atoms with van der Waals surface area (Å²) in [7, 11) is 1.59. The molecule has 0 bridgehead atoms. The summed E-state index contributed by atoms with van der Waals surface area (Å²) in [6.07, 6.45) is -0.845. The molecule has 0 fully saturated rings. The van der Waals surface area contributed by atoms with Gasteiger partial charge in [0.05, 0.1) is 7.11 Å². The van der Waals surface area contributed by atoms with Crippen molar-refractivity contribution in [1.29, 1.82) is 0 Å². The Bertz CT molecular complexity index is 644. The molecule has 2 nitrogen and oxygen atoms in total. The van der Waals surface area contributed by atoms with Gasteiger partial charge in [0.25, 0.3) is 0 Å². The molecule has 2 rings (SSSR count). The largest absolute Gasteiger partial charge is 0.496 e. The summed E-state index contributed by atoms with van der Waals surface area (Å²) in [5, 5.41) is 11.1. The SMILES string of the molecule is COc1cc(C)c(Br)cc1C(O)c1ccc(Br)cc1Cl. The second-order valence-corrected chi connectivity index (χ2v) is 6.59. The van der Waals surface area contributed by atoms with E-state index in [0.29, 0.717) is 21.9 Å². The first-order valence-corrected chi connectivity index (χ1v) is 7.87. The minimum atomic E-state index is -0.845. The standard InChI is InChI=1S/C15H13Br2ClO2/c1-8-5-14(20-2)11(7-12(8)17)15(19)10-4-3-9(16)6-13(10)18/h3-7,15,19H,1-2H3. The summed E-state index contributed by atoms with van der Waals surface area (Å²) >= 11 is 13.0. The van der Waals surface area contributed by atoms with Gasteiger partial charge >= 0.3 is 0 Å². The van der Waals surface area contributed by atoms with E-state index in [9.17, 15) is 5.11 Å². The average Bonchev–Trinajstić information content (AvgIpc) is 2.40. The molecule has 0 aromatic heterocycles. The van der Waals surface area contributed by atoms with E-state index in [1.54, 1.807) is 19.2 Å². The Morgan fingerprint density at radius 3 is 2.45 bits per heavy atom. The molecule has 1 unspecified atom stereocenters. The molecule has 106 valence electrons. The zero-order chi connectivity index (χ0) is 14.9. The zero-order valence-corrected chi connectivity index (χ0v) is 14.9. The number of methoxy groups -OCH3 is 1. The van der Waals surface area contributed by atoms with Crippen LogP contribution >= 0.6 is 43.5 Å². The molecule has 0 amide bonds. The van der Waals surface area contributed by atoms with Gasteiger partial charge in [-0.2, -0.15) is 0 Å². The maximum Gasteiger partial charge on any atom is 0.125 e. The predicted octanol–water partition coefficient (Wildman–Crippen LogP) is 5.26. The van der Waals surface area contributed by atoms with Crippen molar-refractivity contribution in [3.63, 3.8) is 0 Å². The summed E-state index contributed by atoms with van der Waals surface area (Å²) in [5.74, 6) is 0.636. The van der Waals surface area contributed by atoms with Crippen molar-refractivity contribution < 1.29 is 9.84 Å². The lowest BCUT2D eigenvalue weighted by molar-refractivity contribution is 0.214. The van der Waals surface area contributed by atoms with Crippen LogP contribution < -0.4 is 4.74 Å². The molecule has 2 aromatic carbocycles. The van der Waals surface area contributed by atoms with Crippen LogP contribution in [0, 0.1) is 6.92 Å². The molecule has 0 spiro atoms. The quantitative estimate of drug-likeness (QED) is 0.734. The minimum absolute atomic E-state index is 0.505. The first kappa shape index (κ1) is 15.8. The van der Waals surface area contributed by atoms with Crippen molar-refractivity contribution in [2.75, 3.05) is 7.11 Å². The first-order chi connectivity index (χ1) is 9.43. The van der Waals surface area contributed by atoms with Gasteiger partial charge in [-0.15, -0.1) is 0 Å². The highest BCUT2D eigenvalue weighted by Gasteiger charge is 2.19. The lowest BCUT2D eigenvalue weighted by Crippen LogP contribution is -2.04. The van der Waals surface area contributed by atoms with E-state index in [0.717, 1.165) is 14.5 Å². The Balaban J connectivity index is 2.52. The summed E-state index contributed by atoms with van der Waals surface area (Å²) in [6, 6.07) is 9.15. The number of hydrogen-bond acceptors (Lipinski definition) is 2. The molecule has 0 heterocycles. The van der Waals surface area contributed by atoms with Crippen LogP contribution in [0.25, 0.3) is 0 Å². The van der Waals surface area contributed by atoms with Crippen LogP contribution in [0.2, 0.25) is 5.02 Å². The number of halogens is 3. The fourth-order valence-corrected chi connectivity index (χ4v) is 3.09. The fraction of sp³-hybridized carbons (Fsp3) is 0.200. The average molecular weight is 421 g/mol. The third kappa shape index (κ3) is 3.19. The highest BCUT2D eigenvalue weighted by atomic mass is 79.9. The highest BCUT2D eigenvalue weighted by molar-refractivity contribution is 9.10. The van der Waals surface area contributed by atoms with Gasteiger partial charge in [0.2, 0.25) is 0 Å². The molecule has 0 aliphatic rings. The van der Waals surface area contributed by atoms with Crippen molar-refractivity contribution in [3.8, 4) is 5.75 Å². The van der Waals surface area contributed by atoms with Crippen LogP contribution in [0.5, 0.6) is 5.75 Å². The maximum atomic E-state index is 10.6. The molecule has 0 saturated carbocycles. The first-order valence-electron chi connectivity index (χ1n) is 5.91. The molecular weight excluding hydrogens is 407 g/mol. The Hall–Kier alpha value is -0.550. The van der Waals surface area contributed by atoms with Gasteiger partial charge in [-0.05, 0) is 36.8 Å². The molecule has 2 aromatic rings. The fourth-order valence-electron chi connectivity index (χ4n) is 1.95. The summed E-state index contributed by atoms with van der Waals surface area (Å²) in [5.41, 5.74) is 2.36. The van der Waals surface area contributed by atoms with Crippen LogP contribution in [0.3, 0.4) is 0 Å². The third-order valence-corrected chi connectivity index (χ3v) is 4.74. The second kappa shape index (κ2) is 6.48. The normalized spacial score (nSPS) is 12.3. The summed E-state index contributed by atoms with van der Waals surface area (Å²) in [6.45, 7) is 1.97. The molecule has 0 radical (unpaired) electrons. The highest BCUT2D eigenvalue weighted by Crippen LogP contribution is 2.37. The van der Waals surface area contributed by atoms with E-state index in [2.05, 4.69) is 31.9 Å². The second-order valence-electron chi connectivity index (χ2n) is 4.41. The summed E-state index contributed by atoms with van der Waals surface area (Å²) in [4.78, 5) is 0.